The molecule has 30 heavy (non-hydrogen) atoms. The molecule has 2 heterocycles. The van der Waals surface area contributed by atoms with Crippen molar-refractivity contribution in [2.75, 3.05) is 11.9 Å². The van der Waals surface area contributed by atoms with Crippen LogP contribution in [0.1, 0.15) is 45.6 Å². The van der Waals surface area contributed by atoms with Crippen molar-refractivity contribution < 1.29 is 9.53 Å². The zero-order chi connectivity index (χ0) is 20.9. The smallest absolute Gasteiger partial charge is 0.341 e. The van der Waals surface area contributed by atoms with Gasteiger partial charge in [0.1, 0.15) is 21.7 Å². The first-order valence-corrected chi connectivity index (χ1v) is 11.6. The molecule has 5 nitrogen and oxygen atoms in total. The van der Waals surface area contributed by atoms with Crippen LogP contribution in [-0.4, -0.2) is 17.6 Å². The number of fused-ring (bicyclic) bond motifs is 1. The summed E-state index contributed by atoms with van der Waals surface area (Å²) in [5.74, 6) is -0.299. The van der Waals surface area contributed by atoms with Gasteiger partial charge in [0.15, 0.2) is 0 Å². The van der Waals surface area contributed by atoms with Gasteiger partial charge in [-0.2, -0.15) is 5.26 Å². The van der Waals surface area contributed by atoms with E-state index in [4.69, 9.17) is 4.74 Å². The summed E-state index contributed by atoms with van der Waals surface area (Å²) in [6.45, 7) is 2.15. The van der Waals surface area contributed by atoms with Crippen molar-refractivity contribution in [2.24, 2.45) is 0 Å². The second-order valence-electron chi connectivity index (χ2n) is 6.85. The lowest BCUT2D eigenvalue weighted by Gasteiger charge is -2.12. The van der Waals surface area contributed by atoms with Gasteiger partial charge < -0.3 is 10.1 Å². The molecule has 0 unspecified atom stereocenters. The Balaban J connectivity index is 1.62. The molecule has 1 aromatic carbocycles. The van der Waals surface area contributed by atoms with Gasteiger partial charge in [0.05, 0.1) is 17.9 Å². The number of ether oxygens (including phenoxy) is 1. The predicted molar refractivity (Wildman–Crippen MR) is 122 cm³/mol. The zero-order valence-corrected chi connectivity index (χ0v) is 18.2. The molecule has 7 heteroatoms. The number of esters is 1. The van der Waals surface area contributed by atoms with E-state index in [0.29, 0.717) is 22.8 Å². The first kappa shape index (κ1) is 20.3. The average Bonchev–Trinajstić information content (AvgIpc) is 3.40. The first-order chi connectivity index (χ1) is 14.7. The van der Waals surface area contributed by atoms with E-state index in [9.17, 15) is 10.1 Å². The quantitative estimate of drug-likeness (QED) is 0.385. The number of thiophene rings is 1. The molecule has 0 aliphatic heterocycles. The molecular weight excluding hydrogens is 414 g/mol. The molecule has 0 bridgehead atoms. The minimum atomic E-state index is -0.299. The second-order valence-corrected chi connectivity index (χ2v) is 8.82. The standard InChI is InChI=1S/C23H21N3O2S2/c1-2-28-23(27)20-17-10-6-7-11-19(17)30-22(20)25-13-16(12-24)21-26-18(14-29-21)15-8-4-3-5-9-15/h3-5,8-9,13-14,25H,2,6-7,10-11H2,1H3. The van der Waals surface area contributed by atoms with E-state index in [1.807, 2.05) is 42.6 Å². The summed E-state index contributed by atoms with van der Waals surface area (Å²) in [5, 5.41) is 16.2. The maximum Gasteiger partial charge on any atom is 0.341 e. The Morgan fingerprint density at radius 3 is 2.87 bits per heavy atom. The Labute approximate surface area is 183 Å². The number of benzene rings is 1. The van der Waals surface area contributed by atoms with Crippen LogP contribution < -0.4 is 5.32 Å². The summed E-state index contributed by atoms with van der Waals surface area (Å²) in [5.41, 5.74) is 4.01. The summed E-state index contributed by atoms with van der Waals surface area (Å²) in [4.78, 5) is 18.4. The fourth-order valence-electron chi connectivity index (χ4n) is 3.51. The molecule has 152 valence electrons. The monoisotopic (exact) mass is 435 g/mol. The van der Waals surface area contributed by atoms with Gasteiger partial charge in [0.25, 0.3) is 0 Å². The maximum atomic E-state index is 12.6. The summed E-state index contributed by atoms with van der Waals surface area (Å²) in [6, 6.07) is 12.1. The van der Waals surface area contributed by atoms with E-state index < -0.39 is 0 Å². The van der Waals surface area contributed by atoms with Crippen molar-refractivity contribution in [2.45, 2.75) is 32.6 Å². The molecule has 4 rings (SSSR count). The number of thiazole rings is 1. The van der Waals surface area contributed by atoms with E-state index in [2.05, 4.69) is 16.4 Å². The third-order valence-electron chi connectivity index (χ3n) is 4.92. The number of nitriles is 1. The normalized spacial score (nSPS) is 13.4. The van der Waals surface area contributed by atoms with Gasteiger partial charge in [-0.3, -0.25) is 0 Å². The third-order valence-corrected chi connectivity index (χ3v) is 7.02. The maximum absolute atomic E-state index is 12.6. The Morgan fingerprint density at radius 1 is 1.30 bits per heavy atom. The number of rotatable bonds is 6. The molecule has 1 aliphatic rings. The molecule has 0 amide bonds. The highest BCUT2D eigenvalue weighted by molar-refractivity contribution is 7.16. The Bertz CT molecular complexity index is 1120. The number of hydrogen-bond acceptors (Lipinski definition) is 7. The van der Waals surface area contributed by atoms with E-state index >= 15 is 0 Å². The topological polar surface area (TPSA) is 75.0 Å². The Kier molecular flexibility index (Phi) is 6.26. The highest BCUT2D eigenvalue weighted by Gasteiger charge is 2.26. The minimum Gasteiger partial charge on any atom is -0.462 e. The van der Waals surface area contributed by atoms with Crippen LogP contribution in [0.25, 0.3) is 16.8 Å². The highest BCUT2D eigenvalue weighted by atomic mass is 32.1. The number of aromatic nitrogens is 1. The molecule has 3 aromatic rings. The molecule has 0 radical (unpaired) electrons. The van der Waals surface area contributed by atoms with Crippen LogP contribution >= 0.6 is 22.7 Å². The van der Waals surface area contributed by atoms with Crippen LogP contribution in [-0.2, 0) is 17.6 Å². The number of aryl methyl sites for hydroxylation is 1. The number of carbonyl (C=O) groups is 1. The molecule has 2 aromatic heterocycles. The summed E-state index contributed by atoms with van der Waals surface area (Å²) >= 11 is 3.01. The number of carbonyl (C=O) groups excluding carboxylic acids is 1. The summed E-state index contributed by atoms with van der Waals surface area (Å²) in [7, 11) is 0. The van der Waals surface area contributed by atoms with Gasteiger partial charge in [-0.25, -0.2) is 9.78 Å². The molecule has 0 fully saturated rings. The number of anilines is 1. The van der Waals surface area contributed by atoms with Crippen LogP contribution in [0.5, 0.6) is 0 Å². The lowest BCUT2D eigenvalue weighted by atomic mass is 9.95. The van der Waals surface area contributed by atoms with Gasteiger partial charge in [0.2, 0.25) is 0 Å². The van der Waals surface area contributed by atoms with Crippen LogP contribution in [0.15, 0.2) is 41.9 Å². The molecule has 0 saturated heterocycles. The fraction of sp³-hybridized carbons (Fsp3) is 0.261. The van der Waals surface area contributed by atoms with Crippen molar-refractivity contribution in [1.29, 1.82) is 5.26 Å². The van der Waals surface area contributed by atoms with E-state index in [0.717, 1.165) is 47.5 Å². The number of allylic oxidation sites excluding steroid dienone is 1. The lowest BCUT2D eigenvalue weighted by Crippen LogP contribution is -2.10. The van der Waals surface area contributed by atoms with Gasteiger partial charge in [0, 0.05) is 22.0 Å². The SMILES string of the molecule is CCOC(=O)c1c(NC=C(C#N)c2nc(-c3ccccc3)cs2)sc2c1CCCC2. The van der Waals surface area contributed by atoms with Crippen molar-refractivity contribution in [1.82, 2.24) is 4.98 Å². The van der Waals surface area contributed by atoms with E-state index in [-0.39, 0.29) is 5.97 Å². The minimum absolute atomic E-state index is 0.299. The second kappa shape index (κ2) is 9.24. The van der Waals surface area contributed by atoms with Crippen molar-refractivity contribution >= 4 is 39.2 Å². The number of nitrogens with one attached hydrogen (secondary N) is 1. The molecule has 1 aliphatic carbocycles. The molecule has 1 N–H and O–H groups in total. The highest BCUT2D eigenvalue weighted by Crippen LogP contribution is 2.39. The molecule has 0 spiro atoms. The van der Waals surface area contributed by atoms with E-state index in [1.54, 1.807) is 17.5 Å². The largest absolute Gasteiger partial charge is 0.462 e. The van der Waals surface area contributed by atoms with Gasteiger partial charge in [-0.05, 0) is 38.2 Å². The number of hydrogen-bond donors (Lipinski definition) is 1. The lowest BCUT2D eigenvalue weighted by molar-refractivity contribution is 0.0526. The predicted octanol–water partition coefficient (Wildman–Crippen LogP) is 5.90. The summed E-state index contributed by atoms with van der Waals surface area (Å²) < 4.78 is 5.29. The van der Waals surface area contributed by atoms with E-state index in [1.165, 1.54) is 16.2 Å². The van der Waals surface area contributed by atoms with Gasteiger partial charge in [-0.15, -0.1) is 22.7 Å². The Hall–Kier alpha value is -2.95. The van der Waals surface area contributed by atoms with Crippen molar-refractivity contribution in [3.8, 4) is 17.3 Å². The molecule has 0 saturated carbocycles. The van der Waals surface area contributed by atoms with Gasteiger partial charge in [-0.1, -0.05) is 30.3 Å². The zero-order valence-electron chi connectivity index (χ0n) is 16.6. The average molecular weight is 436 g/mol. The fourth-order valence-corrected chi connectivity index (χ4v) is 5.55. The Morgan fingerprint density at radius 2 is 2.10 bits per heavy atom. The molecular formula is C23H21N3O2S2. The first-order valence-electron chi connectivity index (χ1n) is 9.91. The number of nitrogens with zero attached hydrogens (tertiary/aromatic N) is 2. The van der Waals surface area contributed by atoms with Crippen molar-refractivity contribution in [3.05, 3.63) is 62.9 Å². The van der Waals surface area contributed by atoms with Crippen LogP contribution in [0.3, 0.4) is 0 Å². The van der Waals surface area contributed by atoms with Gasteiger partial charge >= 0.3 is 5.97 Å². The van der Waals surface area contributed by atoms with Crippen LogP contribution in [0, 0.1) is 11.3 Å². The summed E-state index contributed by atoms with van der Waals surface area (Å²) in [6.07, 6.45) is 5.74. The van der Waals surface area contributed by atoms with Crippen molar-refractivity contribution in [3.63, 3.8) is 0 Å². The van der Waals surface area contributed by atoms with Crippen LogP contribution in [0.4, 0.5) is 5.00 Å². The van der Waals surface area contributed by atoms with Crippen LogP contribution in [0.2, 0.25) is 0 Å². The molecule has 0 atom stereocenters. The third kappa shape index (κ3) is 4.16.